The summed E-state index contributed by atoms with van der Waals surface area (Å²) in [6.07, 6.45) is 3.17. The molecule has 1 unspecified atom stereocenters. The van der Waals surface area contributed by atoms with E-state index in [1.165, 1.54) is 5.56 Å². The smallest absolute Gasteiger partial charge is 0.317 e. The summed E-state index contributed by atoms with van der Waals surface area (Å²) >= 11 is 0. The molecule has 2 rings (SSSR count). The van der Waals surface area contributed by atoms with Crippen LogP contribution in [-0.4, -0.2) is 42.2 Å². The molecule has 0 radical (unpaired) electrons. The van der Waals surface area contributed by atoms with Crippen molar-refractivity contribution in [3.63, 3.8) is 0 Å². The zero-order chi connectivity index (χ0) is 14.4. The van der Waals surface area contributed by atoms with Crippen molar-refractivity contribution in [1.82, 2.24) is 4.90 Å². The number of carboxylic acids is 1. The zero-order valence-corrected chi connectivity index (χ0v) is 12.0. The molecule has 0 spiro atoms. The first-order valence-corrected chi connectivity index (χ1v) is 7.33. The third-order valence-corrected chi connectivity index (χ3v) is 3.75. The van der Waals surface area contributed by atoms with E-state index >= 15 is 0 Å². The van der Waals surface area contributed by atoms with Crippen molar-refractivity contribution in [3.05, 3.63) is 29.8 Å². The number of likely N-dealkylation sites (tertiary alicyclic amines) is 1. The SMILES string of the molecule is CCc1cccc(OCC2CCCN(CC(=O)O)C2)c1. The number of piperidine rings is 1. The minimum Gasteiger partial charge on any atom is -0.493 e. The summed E-state index contributed by atoms with van der Waals surface area (Å²) in [4.78, 5) is 12.8. The van der Waals surface area contributed by atoms with Gasteiger partial charge in [-0.1, -0.05) is 19.1 Å². The van der Waals surface area contributed by atoms with Crippen LogP contribution in [0.3, 0.4) is 0 Å². The first-order chi connectivity index (χ1) is 9.67. The second kappa shape index (κ2) is 7.29. The van der Waals surface area contributed by atoms with Crippen molar-refractivity contribution < 1.29 is 14.6 Å². The number of ether oxygens (including phenoxy) is 1. The van der Waals surface area contributed by atoms with Crippen LogP contribution in [0.25, 0.3) is 0 Å². The quantitative estimate of drug-likeness (QED) is 0.867. The van der Waals surface area contributed by atoms with E-state index in [0.29, 0.717) is 12.5 Å². The molecule has 1 aromatic rings. The molecule has 4 heteroatoms. The van der Waals surface area contributed by atoms with E-state index in [4.69, 9.17) is 9.84 Å². The van der Waals surface area contributed by atoms with Gasteiger partial charge in [-0.2, -0.15) is 0 Å². The number of hydrogen-bond acceptors (Lipinski definition) is 3. The van der Waals surface area contributed by atoms with Gasteiger partial charge in [0.25, 0.3) is 0 Å². The van der Waals surface area contributed by atoms with Crippen molar-refractivity contribution in [3.8, 4) is 5.75 Å². The number of aryl methyl sites for hydroxylation is 1. The Balaban J connectivity index is 1.82. The fourth-order valence-corrected chi connectivity index (χ4v) is 2.69. The predicted molar refractivity (Wildman–Crippen MR) is 78.1 cm³/mol. The fourth-order valence-electron chi connectivity index (χ4n) is 2.69. The lowest BCUT2D eigenvalue weighted by Crippen LogP contribution is -2.40. The molecule has 1 aliphatic heterocycles. The Morgan fingerprint density at radius 3 is 3.10 bits per heavy atom. The highest BCUT2D eigenvalue weighted by Gasteiger charge is 2.21. The number of carbonyl (C=O) groups is 1. The summed E-state index contributed by atoms with van der Waals surface area (Å²) in [7, 11) is 0. The Morgan fingerprint density at radius 1 is 1.50 bits per heavy atom. The van der Waals surface area contributed by atoms with E-state index in [0.717, 1.165) is 38.1 Å². The van der Waals surface area contributed by atoms with Gasteiger partial charge < -0.3 is 9.84 Å². The molecule has 1 aromatic carbocycles. The molecule has 4 nitrogen and oxygen atoms in total. The maximum Gasteiger partial charge on any atom is 0.317 e. The number of hydrogen-bond donors (Lipinski definition) is 1. The lowest BCUT2D eigenvalue weighted by atomic mass is 9.99. The van der Waals surface area contributed by atoms with Crippen molar-refractivity contribution in [2.75, 3.05) is 26.2 Å². The summed E-state index contributed by atoms with van der Waals surface area (Å²) in [6, 6.07) is 8.18. The number of aliphatic carboxylic acids is 1. The normalized spacial score (nSPS) is 19.8. The second-order valence-corrected chi connectivity index (χ2v) is 5.45. The van der Waals surface area contributed by atoms with Crippen LogP contribution in [0.2, 0.25) is 0 Å². The first kappa shape index (κ1) is 14.9. The van der Waals surface area contributed by atoms with Crippen molar-refractivity contribution in [2.45, 2.75) is 26.2 Å². The zero-order valence-electron chi connectivity index (χ0n) is 12.0. The molecule has 0 amide bonds. The van der Waals surface area contributed by atoms with Crippen LogP contribution in [0.4, 0.5) is 0 Å². The number of benzene rings is 1. The summed E-state index contributed by atoms with van der Waals surface area (Å²) in [5, 5.41) is 8.84. The lowest BCUT2D eigenvalue weighted by molar-refractivity contribution is -0.138. The van der Waals surface area contributed by atoms with E-state index in [1.807, 2.05) is 17.0 Å². The van der Waals surface area contributed by atoms with E-state index < -0.39 is 5.97 Å². The topological polar surface area (TPSA) is 49.8 Å². The molecule has 1 saturated heterocycles. The van der Waals surface area contributed by atoms with Crippen molar-refractivity contribution in [1.29, 1.82) is 0 Å². The van der Waals surface area contributed by atoms with Gasteiger partial charge in [0.05, 0.1) is 13.2 Å². The third kappa shape index (κ3) is 4.53. The van der Waals surface area contributed by atoms with Crippen molar-refractivity contribution >= 4 is 5.97 Å². The van der Waals surface area contributed by atoms with Crippen LogP contribution in [0.15, 0.2) is 24.3 Å². The van der Waals surface area contributed by atoms with Crippen molar-refractivity contribution in [2.24, 2.45) is 5.92 Å². The molecule has 110 valence electrons. The average Bonchev–Trinajstić information content (AvgIpc) is 2.45. The van der Waals surface area contributed by atoms with Gasteiger partial charge in [0.1, 0.15) is 5.75 Å². The summed E-state index contributed by atoms with van der Waals surface area (Å²) in [5.74, 6) is 0.593. The summed E-state index contributed by atoms with van der Waals surface area (Å²) < 4.78 is 5.87. The predicted octanol–water partition coefficient (Wildman–Crippen LogP) is 2.42. The maximum absolute atomic E-state index is 10.8. The van der Waals surface area contributed by atoms with Gasteiger partial charge in [0.15, 0.2) is 0 Å². The van der Waals surface area contributed by atoms with Gasteiger partial charge in [-0.3, -0.25) is 9.69 Å². The van der Waals surface area contributed by atoms with Gasteiger partial charge >= 0.3 is 5.97 Å². The van der Waals surface area contributed by atoms with Crippen LogP contribution in [-0.2, 0) is 11.2 Å². The third-order valence-electron chi connectivity index (χ3n) is 3.75. The molecule has 1 atom stereocenters. The molecule has 1 N–H and O–H groups in total. The van der Waals surface area contributed by atoms with E-state index in [1.54, 1.807) is 0 Å². The number of carboxylic acid groups (broad SMARTS) is 1. The molecule has 20 heavy (non-hydrogen) atoms. The van der Waals surface area contributed by atoms with E-state index in [2.05, 4.69) is 19.1 Å². The molecule has 1 aliphatic rings. The second-order valence-electron chi connectivity index (χ2n) is 5.45. The highest BCUT2D eigenvalue weighted by molar-refractivity contribution is 5.69. The summed E-state index contributed by atoms with van der Waals surface area (Å²) in [6.45, 7) is 4.64. The largest absolute Gasteiger partial charge is 0.493 e. The molecule has 0 aliphatic carbocycles. The monoisotopic (exact) mass is 277 g/mol. The first-order valence-electron chi connectivity index (χ1n) is 7.33. The van der Waals surface area contributed by atoms with E-state index in [-0.39, 0.29) is 6.54 Å². The average molecular weight is 277 g/mol. The Kier molecular flexibility index (Phi) is 5.41. The van der Waals surface area contributed by atoms with E-state index in [9.17, 15) is 4.79 Å². The standard InChI is InChI=1S/C16H23NO3/c1-2-13-5-3-7-15(9-13)20-12-14-6-4-8-17(10-14)11-16(18)19/h3,5,7,9,14H,2,4,6,8,10-12H2,1H3,(H,18,19). The highest BCUT2D eigenvalue weighted by atomic mass is 16.5. The lowest BCUT2D eigenvalue weighted by Gasteiger charge is -2.31. The molecule has 0 aromatic heterocycles. The minimum absolute atomic E-state index is 0.141. The number of nitrogens with zero attached hydrogens (tertiary/aromatic N) is 1. The van der Waals surface area contributed by atoms with Crippen LogP contribution < -0.4 is 4.74 Å². The Hall–Kier alpha value is -1.55. The van der Waals surface area contributed by atoms with Gasteiger partial charge in [-0.05, 0) is 43.5 Å². The molecule has 1 fully saturated rings. The van der Waals surface area contributed by atoms with Crippen LogP contribution in [0.1, 0.15) is 25.3 Å². The van der Waals surface area contributed by atoms with Gasteiger partial charge in [-0.15, -0.1) is 0 Å². The fraction of sp³-hybridized carbons (Fsp3) is 0.562. The van der Waals surface area contributed by atoms with Crippen LogP contribution >= 0.6 is 0 Å². The minimum atomic E-state index is -0.748. The summed E-state index contributed by atoms with van der Waals surface area (Å²) in [5.41, 5.74) is 1.28. The molecule has 0 bridgehead atoms. The molecular formula is C16H23NO3. The van der Waals surface area contributed by atoms with Gasteiger partial charge in [-0.25, -0.2) is 0 Å². The number of rotatable bonds is 6. The Morgan fingerprint density at radius 2 is 2.35 bits per heavy atom. The molecular weight excluding hydrogens is 254 g/mol. The van der Waals surface area contributed by atoms with Gasteiger partial charge in [0, 0.05) is 12.5 Å². The highest BCUT2D eigenvalue weighted by Crippen LogP contribution is 2.19. The Labute approximate surface area is 120 Å². The van der Waals surface area contributed by atoms with Gasteiger partial charge in [0.2, 0.25) is 0 Å². The maximum atomic E-state index is 10.8. The Bertz CT molecular complexity index is 447. The molecule has 0 saturated carbocycles. The van der Waals surface area contributed by atoms with Crippen LogP contribution in [0, 0.1) is 5.92 Å². The molecule has 1 heterocycles. The van der Waals surface area contributed by atoms with Crippen LogP contribution in [0.5, 0.6) is 5.75 Å².